The topological polar surface area (TPSA) is 35.6 Å². The maximum absolute atomic E-state index is 13.1. The van der Waals surface area contributed by atoms with Crippen molar-refractivity contribution in [2.24, 2.45) is 11.3 Å². The lowest BCUT2D eigenvalue weighted by atomic mass is 9.75. The Labute approximate surface area is 117 Å². The molecule has 4 nitrogen and oxygen atoms in total. The molecule has 2 unspecified atom stereocenters. The van der Waals surface area contributed by atoms with Crippen molar-refractivity contribution in [2.75, 3.05) is 39.8 Å². The van der Waals surface area contributed by atoms with Crippen LogP contribution in [0.3, 0.4) is 0 Å². The number of likely N-dealkylation sites (N-methyl/N-ethyl adjacent to an activating group) is 1. The second-order valence-electron chi connectivity index (χ2n) is 6.70. The first kappa shape index (κ1) is 14.8. The molecular weight excluding hydrogens is 238 g/mol. The van der Waals surface area contributed by atoms with Crippen LogP contribution in [0.4, 0.5) is 0 Å². The summed E-state index contributed by atoms with van der Waals surface area (Å²) in [5.41, 5.74) is -0.169. The van der Waals surface area contributed by atoms with Crippen LogP contribution in [0.5, 0.6) is 0 Å². The Hall–Kier alpha value is -0.610. The summed E-state index contributed by atoms with van der Waals surface area (Å²) in [6.45, 7) is 11.4. The number of amides is 1. The molecule has 1 amide bonds. The van der Waals surface area contributed by atoms with E-state index in [0.717, 1.165) is 45.6 Å². The van der Waals surface area contributed by atoms with Gasteiger partial charge in [0.15, 0.2) is 0 Å². The van der Waals surface area contributed by atoms with E-state index >= 15 is 0 Å². The summed E-state index contributed by atoms with van der Waals surface area (Å²) in [7, 11) is 2.15. The summed E-state index contributed by atoms with van der Waals surface area (Å²) in [6.07, 6.45) is 2.08. The van der Waals surface area contributed by atoms with E-state index in [-0.39, 0.29) is 5.41 Å². The van der Waals surface area contributed by atoms with E-state index in [9.17, 15) is 4.79 Å². The lowest BCUT2D eigenvalue weighted by Gasteiger charge is -2.39. The van der Waals surface area contributed by atoms with E-state index in [1.54, 1.807) is 0 Å². The van der Waals surface area contributed by atoms with Gasteiger partial charge in [-0.15, -0.1) is 0 Å². The largest absolute Gasteiger partial charge is 0.338 e. The van der Waals surface area contributed by atoms with Gasteiger partial charge in [-0.25, -0.2) is 0 Å². The third kappa shape index (κ3) is 2.79. The molecule has 4 heteroatoms. The molecule has 0 aromatic rings. The van der Waals surface area contributed by atoms with Gasteiger partial charge in [0.1, 0.15) is 0 Å². The fourth-order valence-electron chi connectivity index (χ4n) is 3.59. The highest BCUT2D eigenvalue weighted by molar-refractivity contribution is 5.84. The van der Waals surface area contributed by atoms with Gasteiger partial charge in [0, 0.05) is 25.7 Å². The van der Waals surface area contributed by atoms with Crippen molar-refractivity contribution >= 4 is 5.91 Å². The fourth-order valence-corrected chi connectivity index (χ4v) is 3.59. The van der Waals surface area contributed by atoms with Crippen molar-refractivity contribution in [1.82, 2.24) is 15.1 Å². The van der Waals surface area contributed by atoms with Crippen LogP contribution in [0.2, 0.25) is 0 Å². The normalized spacial score (nSPS) is 33.7. The summed E-state index contributed by atoms with van der Waals surface area (Å²) < 4.78 is 0. The maximum Gasteiger partial charge on any atom is 0.230 e. The van der Waals surface area contributed by atoms with Crippen LogP contribution in [-0.4, -0.2) is 61.5 Å². The monoisotopic (exact) mass is 267 g/mol. The molecule has 2 fully saturated rings. The number of hydrogen-bond donors (Lipinski definition) is 1. The van der Waals surface area contributed by atoms with E-state index in [1.165, 1.54) is 0 Å². The van der Waals surface area contributed by atoms with Gasteiger partial charge in [0.25, 0.3) is 0 Å². The van der Waals surface area contributed by atoms with E-state index in [2.05, 4.69) is 42.9 Å². The Morgan fingerprint density at radius 3 is 2.68 bits per heavy atom. The van der Waals surface area contributed by atoms with Crippen LogP contribution >= 0.6 is 0 Å². The zero-order chi connectivity index (χ0) is 14.0. The lowest BCUT2D eigenvalue weighted by Crippen LogP contribution is -2.52. The van der Waals surface area contributed by atoms with Gasteiger partial charge in [-0.05, 0) is 45.8 Å². The quantitative estimate of drug-likeness (QED) is 0.816. The first-order valence-electron chi connectivity index (χ1n) is 7.68. The molecule has 0 aliphatic carbocycles. The fraction of sp³-hybridized carbons (Fsp3) is 0.933. The van der Waals surface area contributed by atoms with Crippen LogP contribution in [0, 0.1) is 11.3 Å². The van der Waals surface area contributed by atoms with Crippen molar-refractivity contribution in [1.29, 1.82) is 0 Å². The molecule has 0 aromatic heterocycles. The minimum Gasteiger partial charge on any atom is -0.338 e. The van der Waals surface area contributed by atoms with Crippen molar-refractivity contribution in [2.45, 2.75) is 39.7 Å². The molecule has 0 aromatic carbocycles. The third-order valence-electron chi connectivity index (χ3n) is 5.03. The molecule has 2 aliphatic rings. The smallest absolute Gasteiger partial charge is 0.230 e. The summed E-state index contributed by atoms with van der Waals surface area (Å²) in [5.74, 6) is 0.790. The maximum atomic E-state index is 13.1. The average Bonchev–Trinajstić information content (AvgIpc) is 2.78. The number of nitrogens with one attached hydrogen (secondary N) is 1. The van der Waals surface area contributed by atoms with Crippen LogP contribution in [0.15, 0.2) is 0 Å². The zero-order valence-corrected chi connectivity index (χ0v) is 12.9. The Balaban J connectivity index is 2.17. The molecule has 2 rings (SSSR count). The highest BCUT2D eigenvalue weighted by Gasteiger charge is 2.46. The van der Waals surface area contributed by atoms with Gasteiger partial charge in [-0.2, -0.15) is 0 Å². The molecule has 2 aliphatic heterocycles. The van der Waals surface area contributed by atoms with Crippen molar-refractivity contribution < 1.29 is 4.79 Å². The predicted molar refractivity (Wildman–Crippen MR) is 78.0 cm³/mol. The van der Waals surface area contributed by atoms with Crippen LogP contribution < -0.4 is 5.32 Å². The van der Waals surface area contributed by atoms with Gasteiger partial charge in [-0.1, -0.05) is 13.8 Å². The predicted octanol–water partition coefficient (Wildman–Crippen LogP) is 1.17. The molecular formula is C15H29N3O. The molecule has 0 spiro atoms. The SMILES string of the molecule is CC1CN(C)CCCN1C(=O)C1(C(C)C)CCNC1. The molecule has 110 valence electrons. The highest BCUT2D eigenvalue weighted by atomic mass is 16.2. The van der Waals surface area contributed by atoms with Crippen LogP contribution in [0.25, 0.3) is 0 Å². The Morgan fingerprint density at radius 2 is 2.11 bits per heavy atom. The van der Waals surface area contributed by atoms with E-state index < -0.39 is 0 Å². The number of nitrogens with zero attached hydrogens (tertiary/aromatic N) is 2. The first-order chi connectivity index (χ1) is 8.97. The van der Waals surface area contributed by atoms with Crippen LogP contribution in [-0.2, 0) is 4.79 Å². The van der Waals surface area contributed by atoms with Gasteiger partial charge in [-0.3, -0.25) is 4.79 Å². The molecule has 0 radical (unpaired) electrons. The molecule has 0 saturated carbocycles. The van der Waals surface area contributed by atoms with Crippen molar-refractivity contribution in [3.8, 4) is 0 Å². The van der Waals surface area contributed by atoms with Gasteiger partial charge >= 0.3 is 0 Å². The summed E-state index contributed by atoms with van der Waals surface area (Å²) in [6, 6.07) is 0.330. The minimum absolute atomic E-state index is 0.169. The number of rotatable bonds is 2. The number of carbonyl (C=O) groups excluding carboxylic acids is 1. The van der Waals surface area contributed by atoms with Gasteiger partial charge in [0.05, 0.1) is 5.41 Å². The van der Waals surface area contributed by atoms with Crippen LogP contribution in [0.1, 0.15) is 33.6 Å². The Kier molecular flexibility index (Phi) is 4.51. The third-order valence-corrected chi connectivity index (χ3v) is 5.03. The first-order valence-corrected chi connectivity index (χ1v) is 7.68. The second-order valence-corrected chi connectivity index (χ2v) is 6.70. The molecule has 2 heterocycles. The van der Waals surface area contributed by atoms with E-state index in [0.29, 0.717) is 17.9 Å². The second kappa shape index (κ2) is 5.80. The minimum atomic E-state index is -0.169. The molecule has 2 atom stereocenters. The van der Waals surface area contributed by atoms with Gasteiger partial charge < -0.3 is 15.1 Å². The molecule has 0 bridgehead atoms. The zero-order valence-electron chi connectivity index (χ0n) is 12.9. The lowest BCUT2D eigenvalue weighted by molar-refractivity contribution is -0.145. The van der Waals surface area contributed by atoms with Gasteiger partial charge in [0.2, 0.25) is 5.91 Å². The van der Waals surface area contributed by atoms with E-state index in [1.807, 2.05) is 0 Å². The van der Waals surface area contributed by atoms with Crippen molar-refractivity contribution in [3.05, 3.63) is 0 Å². The summed E-state index contributed by atoms with van der Waals surface area (Å²) in [5, 5.41) is 3.40. The standard InChI is InChI=1S/C15H29N3O/c1-12(2)15(6-7-16-11-15)14(19)18-9-5-8-17(4)10-13(18)3/h12-13,16H,5-11H2,1-4H3. The Morgan fingerprint density at radius 1 is 1.37 bits per heavy atom. The number of carbonyl (C=O) groups is 1. The molecule has 19 heavy (non-hydrogen) atoms. The molecule has 1 N–H and O–H groups in total. The summed E-state index contributed by atoms with van der Waals surface area (Å²) in [4.78, 5) is 17.6. The summed E-state index contributed by atoms with van der Waals surface area (Å²) >= 11 is 0. The Bertz CT molecular complexity index is 323. The van der Waals surface area contributed by atoms with Crippen molar-refractivity contribution in [3.63, 3.8) is 0 Å². The number of hydrogen-bond acceptors (Lipinski definition) is 3. The highest BCUT2D eigenvalue weighted by Crippen LogP contribution is 2.37. The van der Waals surface area contributed by atoms with E-state index in [4.69, 9.17) is 0 Å². The average molecular weight is 267 g/mol. The molecule has 2 saturated heterocycles.